The minimum Gasteiger partial charge on any atom is -0.495 e. The average Bonchev–Trinajstić information content (AvgIpc) is 2.47. The van der Waals surface area contributed by atoms with E-state index in [0.29, 0.717) is 18.0 Å². The van der Waals surface area contributed by atoms with Crippen molar-refractivity contribution in [2.24, 2.45) is 5.92 Å². The fourth-order valence-electron chi connectivity index (χ4n) is 2.51. The number of urea groups is 1. The van der Waals surface area contributed by atoms with Crippen LogP contribution in [-0.4, -0.2) is 42.8 Å². The quantitative estimate of drug-likeness (QED) is 0.891. The average molecular weight is 278 g/mol. The van der Waals surface area contributed by atoms with Gasteiger partial charge in [-0.05, 0) is 43.4 Å². The van der Waals surface area contributed by atoms with E-state index in [1.54, 1.807) is 12.0 Å². The molecule has 1 aliphatic rings. The molecule has 2 rings (SSSR count). The number of benzene rings is 1. The molecule has 1 unspecified atom stereocenters. The van der Waals surface area contributed by atoms with Crippen LogP contribution in [-0.2, 0) is 0 Å². The number of ether oxygens (including phenoxy) is 1. The van der Waals surface area contributed by atoms with Gasteiger partial charge in [-0.3, -0.25) is 0 Å². The van der Waals surface area contributed by atoms with Crippen molar-refractivity contribution in [1.29, 1.82) is 0 Å². The minimum absolute atomic E-state index is 0.132. The molecule has 1 heterocycles. The smallest absolute Gasteiger partial charge is 0.321 e. The number of rotatable bonds is 3. The second kappa shape index (κ2) is 6.61. The Morgan fingerprint density at radius 2 is 2.35 bits per heavy atom. The number of anilines is 1. The summed E-state index contributed by atoms with van der Waals surface area (Å²) in [5.74, 6) is 0.841. The van der Waals surface area contributed by atoms with Crippen LogP contribution in [0.4, 0.5) is 10.5 Å². The Morgan fingerprint density at radius 1 is 1.55 bits per heavy atom. The lowest BCUT2D eigenvalue weighted by molar-refractivity contribution is 0.136. The largest absolute Gasteiger partial charge is 0.495 e. The zero-order valence-electron chi connectivity index (χ0n) is 12.1. The normalized spacial score (nSPS) is 18.8. The second-order valence-corrected chi connectivity index (χ2v) is 5.27. The third-order valence-corrected chi connectivity index (χ3v) is 3.66. The van der Waals surface area contributed by atoms with Crippen LogP contribution in [0.25, 0.3) is 0 Å². The number of aliphatic hydroxyl groups is 1. The second-order valence-electron chi connectivity index (χ2n) is 5.27. The first-order valence-corrected chi connectivity index (χ1v) is 6.95. The van der Waals surface area contributed by atoms with E-state index in [-0.39, 0.29) is 18.6 Å². The fraction of sp³-hybridized carbons (Fsp3) is 0.533. The van der Waals surface area contributed by atoms with E-state index in [9.17, 15) is 9.90 Å². The topological polar surface area (TPSA) is 61.8 Å². The van der Waals surface area contributed by atoms with Gasteiger partial charge in [-0.1, -0.05) is 6.07 Å². The fourth-order valence-corrected chi connectivity index (χ4v) is 2.51. The summed E-state index contributed by atoms with van der Waals surface area (Å²) in [6, 6.07) is 5.55. The van der Waals surface area contributed by atoms with E-state index >= 15 is 0 Å². The van der Waals surface area contributed by atoms with Crippen LogP contribution in [0, 0.1) is 12.8 Å². The molecule has 1 saturated heterocycles. The van der Waals surface area contributed by atoms with Crippen molar-refractivity contribution in [3.05, 3.63) is 23.8 Å². The van der Waals surface area contributed by atoms with Gasteiger partial charge < -0.3 is 20.1 Å². The maximum Gasteiger partial charge on any atom is 0.321 e. The van der Waals surface area contributed by atoms with Gasteiger partial charge in [0.1, 0.15) is 5.75 Å². The van der Waals surface area contributed by atoms with E-state index in [0.717, 1.165) is 24.9 Å². The Balaban J connectivity index is 2.05. The summed E-state index contributed by atoms with van der Waals surface area (Å²) in [4.78, 5) is 14.0. The molecule has 0 radical (unpaired) electrons. The number of methoxy groups -OCH3 is 1. The van der Waals surface area contributed by atoms with Crippen molar-refractivity contribution < 1.29 is 14.6 Å². The summed E-state index contributed by atoms with van der Waals surface area (Å²) >= 11 is 0. The summed E-state index contributed by atoms with van der Waals surface area (Å²) in [5.41, 5.74) is 1.75. The molecule has 20 heavy (non-hydrogen) atoms. The van der Waals surface area contributed by atoms with Gasteiger partial charge in [0.15, 0.2) is 0 Å². The molecule has 1 aromatic rings. The molecule has 110 valence electrons. The van der Waals surface area contributed by atoms with Gasteiger partial charge >= 0.3 is 6.03 Å². The lowest BCUT2D eigenvalue weighted by Crippen LogP contribution is -2.43. The molecule has 5 heteroatoms. The van der Waals surface area contributed by atoms with E-state index in [1.807, 2.05) is 25.1 Å². The van der Waals surface area contributed by atoms with E-state index in [2.05, 4.69) is 5.32 Å². The van der Waals surface area contributed by atoms with Crippen molar-refractivity contribution in [2.75, 3.05) is 32.1 Å². The van der Waals surface area contributed by atoms with Gasteiger partial charge in [0, 0.05) is 19.7 Å². The van der Waals surface area contributed by atoms with Crippen molar-refractivity contribution in [1.82, 2.24) is 4.90 Å². The molecule has 1 fully saturated rings. The number of nitrogens with one attached hydrogen (secondary N) is 1. The monoisotopic (exact) mass is 278 g/mol. The molecule has 1 aliphatic heterocycles. The molecule has 2 N–H and O–H groups in total. The lowest BCUT2D eigenvalue weighted by atomic mass is 9.99. The Labute approximate surface area is 119 Å². The van der Waals surface area contributed by atoms with Gasteiger partial charge in [-0.2, -0.15) is 0 Å². The van der Waals surface area contributed by atoms with Gasteiger partial charge in [-0.25, -0.2) is 4.79 Å². The predicted molar refractivity (Wildman–Crippen MR) is 78.1 cm³/mol. The summed E-state index contributed by atoms with van der Waals surface area (Å²) in [6.45, 7) is 3.45. The van der Waals surface area contributed by atoms with Crippen molar-refractivity contribution in [2.45, 2.75) is 19.8 Å². The number of piperidine rings is 1. The van der Waals surface area contributed by atoms with Gasteiger partial charge in [0.2, 0.25) is 0 Å². The molecular weight excluding hydrogens is 256 g/mol. The molecule has 0 bridgehead atoms. The predicted octanol–water partition coefficient (Wildman–Crippen LogP) is 2.24. The Hall–Kier alpha value is -1.75. The molecule has 0 aromatic heterocycles. The third-order valence-electron chi connectivity index (χ3n) is 3.66. The molecular formula is C15H22N2O3. The van der Waals surface area contributed by atoms with Crippen LogP contribution >= 0.6 is 0 Å². The zero-order valence-corrected chi connectivity index (χ0v) is 12.1. The first kappa shape index (κ1) is 14.7. The lowest BCUT2D eigenvalue weighted by Gasteiger charge is -2.32. The molecule has 0 aliphatic carbocycles. The highest BCUT2D eigenvalue weighted by molar-refractivity contribution is 5.91. The molecule has 5 nitrogen and oxygen atoms in total. The number of amides is 2. The number of hydrogen-bond donors (Lipinski definition) is 2. The van der Waals surface area contributed by atoms with E-state index in [4.69, 9.17) is 4.74 Å². The summed E-state index contributed by atoms with van der Waals surface area (Å²) in [6.07, 6.45) is 1.91. The van der Waals surface area contributed by atoms with E-state index in [1.165, 1.54) is 0 Å². The van der Waals surface area contributed by atoms with Crippen LogP contribution < -0.4 is 10.1 Å². The third kappa shape index (κ3) is 3.42. The zero-order chi connectivity index (χ0) is 14.5. The maximum absolute atomic E-state index is 12.3. The molecule has 2 amide bonds. The van der Waals surface area contributed by atoms with Gasteiger partial charge in [-0.15, -0.1) is 0 Å². The van der Waals surface area contributed by atoms with Crippen LogP contribution in [0.2, 0.25) is 0 Å². The Bertz CT molecular complexity index is 476. The van der Waals surface area contributed by atoms with Crippen molar-refractivity contribution in [3.8, 4) is 5.75 Å². The minimum atomic E-state index is -0.132. The Morgan fingerprint density at radius 3 is 3.05 bits per heavy atom. The van der Waals surface area contributed by atoms with Crippen LogP contribution in [0.5, 0.6) is 5.75 Å². The van der Waals surface area contributed by atoms with Gasteiger partial charge in [0.05, 0.1) is 12.8 Å². The molecule has 0 saturated carbocycles. The number of likely N-dealkylation sites (tertiary alicyclic amines) is 1. The highest BCUT2D eigenvalue weighted by atomic mass is 16.5. The number of aryl methyl sites for hydroxylation is 1. The van der Waals surface area contributed by atoms with Crippen molar-refractivity contribution in [3.63, 3.8) is 0 Å². The molecule has 1 atom stereocenters. The number of aliphatic hydroxyl groups excluding tert-OH is 1. The number of nitrogens with zero attached hydrogens (tertiary/aromatic N) is 1. The summed E-state index contributed by atoms with van der Waals surface area (Å²) in [5, 5.41) is 12.1. The number of hydrogen-bond acceptors (Lipinski definition) is 3. The van der Waals surface area contributed by atoms with E-state index < -0.39 is 0 Å². The van der Waals surface area contributed by atoms with Crippen molar-refractivity contribution >= 4 is 11.7 Å². The van der Waals surface area contributed by atoms with Crippen LogP contribution in [0.15, 0.2) is 18.2 Å². The van der Waals surface area contributed by atoms with Crippen LogP contribution in [0.1, 0.15) is 18.4 Å². The van der Waals surface area contributed by atoms with Crippen LogP contribution in [0.3, 0.4) is 0 Å². The summed E-state index contributed by atoms with van der Waals surface area (Å²) < 4.78 is 5.26. The number of carbonyl (C=O) groups is 1. The highest BCUT2D eigenvalue weighted by Crippen LogP contribution is 2.26. The molecule has 0 spiro atoms. The molecule has 1 aromatic carbocycles. The SMILES string of the molecule is COc1ccc(C)cc1NC(=O)N1CCCC(CO)C1. The number of carbonyl (C=O) groups excluding carboxylic acids is 1. The first-order chi connectivity index (χ1) is 9.63. The Kier molecular flexibility index (Phi) is 4.84. The highest BCUT2D eigenvalue weighted by Gasteiger charge is 2.23. The summed E-state index contributed by atoms with van der Waals surface area (Å²) in [7, 11) is 1.59. The standard InChI is InChI=1S/C15H22N2O3/c1-11-5-6-14(20-2)13(8-11)16-15(19)17-7-3-4-12(9-17)10-18/h5-6,8,12,18H,3-4,7,9-10H2,1-2H3,(H,16,19). The first-order valence-electron chi connectivity index (χ1n) is 6.95. The van der Waals surface area contributed by atoms with Gasteiger partial charge in [0.25, 0.3) is 0 Å². The maximum atomic E-state index is 12.3.